The second-order valence-electron chi connectivity index (χ2n) is 9.28. The minimum Gasteiger partial charge on any atom is -0.300 e. The number of Topliss-reactive ketones (excluding diaryl/α,β-unsaturated/α-hetero) is 2. The molecule has 0 aliphatic heterocycles. The van der Waals surface area contributed by atoms with E-state index in [1.54, 1.807) is 12.5 Å². The van der Waals surface area contributed by atoms with Crippen molar-refractivity contribution in [3.8, 4) is 0 Å². The maximum atomic E-state index is 12.1. The molecule has 0 N–H and O–H groups in total. The normalized spacial score (nSPS) is 49.0. The molecule has 3 saturated carbocycles. The van der Waals surface area contributed by atoms with Crippen molar-refractivity contribution >= 4 is 11.6 Å². The molecule has 0 spiro atoms. The van der Waals surface area contributed by atoms with Crippen LogP contribution < -0.4 is 0 Å². The summed E-state index contributed by atoms with van der Waals surface area (Å²) in [5.74, 6) is 2.99. The molecule has 4 aliphatic carbocycles. The molecule has 126 valence electrons. The first kappa shape index (κ1) is 15.6. The van der Waals surface area contributed by atoms with Crippen LogP contribution in [0.3, 0.4) is 0 Å². The minimum absolute atomic E-state index is 0.196. The predicted octanol–water partition coefficient (Wildman–Crippen LogP) is 4.72. The highest BCUT2D eigenvalue weighted by molar-refractivity contribution is 5.80. The van der Waals surface area contributed by atoms with E-state index in [1.807, 2.05) is 0 Å². The van der Waals surface area contributed by atoms with E-state index in [-0.39, 0.29) is 11.3 Å². The Labute approximate surface area is 140 Å². The average Bonchev–Trinajstić information content (AvgIpc) is 2.85. The van der Waals surface area contributed by atoms with Gasteiger partial charge in [-0.2, -0.15) is 0 Å². The molecule has 0 aromatic heterocycles. The molecule has 0 heterocycles. The van der Waals surface area contributed by atoms with Gasteiger partial charge in [0.2, 0.25) is 0 Å². The fraction of sp³-hybridized carbons (Fsp3) is 0.810. The maximum Gasteiger partial charge on any atom is 0.133 e. The standard InChI is InChI=1S/C21H30O2/c1-13(22)17-6-7-18-16-5-4-14-12-15(23)8-10-20(14,2)19(16)9-11-21(17,18)3/h5,14,17-19H,4,6-12H2,1-3H3/t14-,17+,18-,19-,20-,21+/m0/s1. The van der Waals surface area contributed by atoms with Crippen molar-refractivity contribution in [3.05, 3.63) is 11.6 Å². The molecule has 2 nitrogen and oxygen atoms in total. The molecule has 0 unspecified atom stereocenters. The quantitative estimate of drug-likeness (QED) is 0.656. The minimum atomic E-state index is 0.196. The molecule has 0 aromatic carbocycles. The van der Waals surface area contributed by atoms with Crippen LogP contribution in [0.25, 0.3) is 0 Å². The third-order valence-electron chi connectivity index (χ3n) is 8.39. The van der Waals surface area contributed by atoms with Gasteiger partial charge >= 0.3 is 0 Å². The summed E-state index contributed by atoms with van der Waals surface area (Å²) in [7, 11) is 0. The van der Waals surface area contributed by atoms with Gasteiger partial charge in [0, 0.05) is 18.8 Å². The fourth-order valence-electron chi connectivity index (χ4n) is 6.97. The maximum absolute atomic E-state index is 12.1. The van der Waals surface area contributed by atoms with Gasteiger partial charge in [0.15, 0.2) is 0 Å². The topological polar surface area (TPSA) is 34.1 Å². The molecule has 3 fully saturated rings. The number of hydrogen-bond donors (Lipinski definition) is 0. The van der Waals surface area contributed by atoms with Gasteiger partial charge in [-0.1, -0.05) is 25.5 Å². The van der Waals surface area contributed by atoms with E-state index in [9.17, 15) is 9.59 Å². The molecule has 0 bridgehead atoms. The number of hydrogen-bond acceptors (Lipinski definition) is 2. The van der Waals surface area contributed by atoms with Gasteiger partial charge in [0.25, 0.3) is 0 Å². The lowest BCUT2D eigenvalue weighted by Gasteiger charge is -2.56. The average molecular weight is 314 g/mol. The van der Waals surface area contributed by atoms with Crippen LogP contribution in [0, 0.1) is 34.5 Å². The van der Waals surface area contributed by atoms with Crippen LogP contribution in [0.2, 0.25) is 0 Å². The van der Waals surface area contributed by atoms with Crippen molar-refractivity contribution in [2.45, 2.75) is 72.1 Å². The van der Waals surface area contributed by atoms with Crippen molar-refractivity contribution in [1.82, 2.24) is 0 Å². The summed E-state index contributed by atoms with van der Waals surface area (Å²) in [5.41, 5.74) is 2.20. The van der Waals surface area contributed by atoms with Crippen molar-refractivity contribution < 1.29 is 9.59 Å². The number of allylic oxidation sites excluding steroid dienone is 2. The van der Waals surface area contributed by atoms with Gasteiger partial charge in [-0.15, -0.1) is 0 Å². The highest BCUT2D eigenvalue weighted by atomic mass is 16.1. The molecule has 0 aromatic rings. The van der Waals surface area contributed by atoms with Gasteiger partial charge in [-0.05, 0) is 74.0 Å². The Hall–Kier alpha value is -0.920. The molecule has 0 saturated heterocycles. The first-order valence-electron chi connectivity index (χ1n) is 9.58. The molecular weight excluding hydrogens is 284 g/mol. The zero-order valence-corrected chi connectivity index (χ0v) is 14.9. The zero-order valence-electron chi connectivity index (χ0n) is 14.9. The van der Waals surface area contributed by atoms with E-state index < -0.39 is 0 Å². The first-order chi connectivity index (χ1) is 10.9. The third-order valence-corrected chi connectivity index (χ3v) is 8.39. The number of rotatable bonds is 1. The predicted molar refractivity (Wildman–Crippen MR) is 90.9 cm³/mol. The lowest BCUT2D eigenvalue weighted by molar-refractivity contribution is -0.129. The number of ketones is 2. The zero-order chi connectivity index (χ0) is 16.4. The van der Waals surface area contributed by atoms with Crippen LogP contribution in [0.4, 0.5) is 0 Å². The summed E-state index contributed by atoms with van der Waals surface area (Å²) in [6, 6.07) is 0. The van der Waals surface area contributed by atoms with E-state index in [4.69, 9.17) is 0 Å². The van der Waals surface area contributed by atoms with E-state index in [0.717, 1.165) is 32.1 Å². The van der Waals surface area contributed by atoms with Crippen molar-refractivity contribution in [3.63, 3.8) is 0 Å². The number of fused-ring (bicyclic) bond motifs is 5. The molecule has 4 rings (SSSR count). The second-order valence-corrected chi connectivity index (χ2v) is 9.28. The monoisotopic (exact) mass is 314 g/mol. The van der Waals surface area contributed by atoms with Crippen molar-refractivity contribution in [1.29, 1.82) is 0 Å². The summed E-state index contributed by atoms with van der Waals surface area (Å²) in [6.45, 7) is 6.64. The molecule has 2 heteroatoms. The summed E-state index contributed by atoms with van der Waals surface area (Å²) >= 11 is 0. The SMILES string of the molecule is CC(=O)[C@H]1CC[C@H]2C3=CC[C@H]4CC(=O)CC[C@]4(C)[C@H]3CC[C@]12C. The number of carbonyl (C=O) groups excluding carboxylic acids is 2. The van der Waals surface area contributed by atoms with Crippen LogP contribution in [0.15, 0.2) is 11.6 Å². The smallest absolute Gasteiger partial charge is 0.133 e. The van der Waals surface area contributed by atoms with Crippen LogP contribution in [-0.4, -0.2) is 11.6 Å². The highest BCUT2D eigenvalue weighted by Gasteiger charge is 2.58. The number of carbonyl (C=O) groups is 2. The van der Waals surface area contributed by atoms with Gasteiger partial charge in [-0.25, -0.2) is 0 Å². The second kappa shape index (κ2) is 5.04. The fourth-order valence-corrected chi connectivity index (χ4v) is 6.97. The Bertz CT molecular complexity index is 589. The van der Waals surface area contributed by atoms with E-state index >= 15 is 0 Å². The lowest BCUT2D eigenvalue weighted by atomic mass is 9.48. The van der Waals surface area contributed by atoms with Gasteiger partial charge in [0.05, 0.1) is 0 Å². The first-order valence-corrected chi connectivity index (χ1v) is 9.58. The van der Waals surface area contributed by atoms with Crippen molar-refractivity contribution in [2.24, 2.45) is 34.5 Å². The Balaban J connectivity index is 1.69. The summed E-state index contributed by atoms with van der Waals surface area (Å²) in [4.78, 5) is 24.0. The molecule has 6 atom stereocenters. The Morgan fingerprint density at radius 1 is 1.09 bits per heavy atom. The van der Waals surface area contributed by atoms with E-state index in [0.29, 0.717) is 34.7 Å². The van der Waals surface area contributed by atoms with E-state index in [1.165, 1.54) is 19.3 Å². The molecule has 23 heavy (non-hydrogen) atoms. The molecule has 4 aliphatic rings. The Kier molecular flexibility index (Phi) is 3.42. The Morgan fingerprint density at radius 2 is 1.83 bits per heavy atom. The van der Waals surface area contributed by atoms with Crippen LogP contribution in [-0.2, 0) is 9.59 Å². The largest absolute Gasteiger partial charge is 0.300 e. The van der Waals surface area contributed by atoms with Crippen LogP contribution in [0.1, 0.15) is 72.1 Å². The van der Waals surface area contributed by atoms with E-state index in [2.05, 4.69) is 19.9 Å². The van der Waals surface area contributed by atoms with Gasteiger partial charge in [0.1, 0.15) is 11.6 Å². The van der Waals surface area contributed by atoms with Crippen LogP contribution >= 0.6 is 0 Å². The van der Waals surface area contributed by atoms with Crippen molar-refractivity contribution in [2.75, 3.05) is 0 Å². The molecule has 0 amide bonds. The van der Waals surface area contributed by atoms with Crippen LogP contribution in [0.5, 0.6) is 0 Å². The molecule has 0 radical (unpaired) electrons. The highest BCUT2D eigenvalue weighted by Crippen LogP contribution is 2.65. The van der Waals surface area contributed by atoms with Gasteiger partial charge in [-0.3, -0.25) is 9.59 Å². The lowest BCUT2D eigenvalue weighted by Crippen LogP contribution is -2.49. The summed E-state index contributed by atoms with van der Waals surface area (Å²) in [5, 5.41) is 0. The summed E-state index contributed by atoms with van der Waals surface area (Å²) in [6.07, 6.45) is 11.0. The summed E-state index contributed by atoms with van der Waals surface area (Å²) < 4.78 is 0. The van der Waals surface area contributed by atoms with Gasteiger partial charge < -0.3 is 0 Å². The molecular formula is C21H30O2. The Morgan fingerprint density at radius 3 is 2.57 bits per heavy atom. The third kappa shape index (κ3) is 2.06.